The molecule has 4 aliphatic rings. The van der Waals surface area contributed by atoms with E-state index in [1.807, 2.05) is 0 Å². The highest BCUT2D eigenvalue weighted by Gasteiger charge is 2.50. The van der Waals surface area contributed by atoms with E-state index in [4.69, 9.17) is 4.18 Å². The zero-order valence-corrected chi connectivity index (χ0v) is 24.4. The van der Waals surface area contributed by atoms with Crippen molar-refractivity contribution in [1.29, 1.82) is 0 Å². The molecule has 1 atom stereocenters. The molecular weight excluding hydrogens is 549 g/mol. The molecule has 3 saturated carbocycles. The molecule has 0 aliphatic heterocycles. The van der Waals surface area contributed by atoms with Crippen LogP contribution in [0.25, 0.3) is 11.1 Å². The molecule has 0 aromatic heterocycles. The average molecular weight is 591 g/mol. The molecule has 41 heavy (non-hydrogen) atoms. The van der Waals surface area contributed by atoms with Crippen molar-refractivity contribution in [3.63, 3.8) is 0 Å². The molecule has 0 saturated heterocycles. The molecule has 3 fully saturated rings. The topological polar surface area (TPSA) is 60.4 Å². The van der Waals surface area contributed by atoms with Crippen molar-refractivity contribution in [3.05, 3.63) is 59.2 Å². The monoisotopic (exact) mass is 590 g/mol. The Kier molecular flexibility index (Phi) is 9.59. The van der Waals surface area contributed by atoms with E-state index in [0.717, 1.165) is 89.9 Å². The number of carbonyl (C=O) groups excluding carboxylic acids is 1. The molecule has 2 aromatic rings. The van der Waals surface area contributed by atoms with Crippen LogP contribution in [0.5, 0.6) is 0 Å². The van der Waals surface area contributed by atoms with E-state index in [9.17, 15) is 26.4 Å². The molecule has 0 amide bonds. The van der Waals surface area contributed by atoms with Gasteiger partial charge in [-0.1, -0.05) is 87.4 Å². The predicted molar refractivity (Wildman–Crippen MR) is 154 cm³/mol. The average Bonchev–Trinajstić information content (AvgIpc) is 3.36. The number of hydrogen-bond donors (Lipinski definition) is 0. The van der Waals surface area contributed by atoms with Gasteiger partial charge in [0.2, 0.25) is 0 Å². The van der Waals surface area contributed by atoms with Gasteiger partial charge in [0.05, 0.1) is 6.10 Å². The molecule has 224 valence electrons. The minimum atomic E-state index is -5.50. The Bertz CT molecular complexity index is 1290. The Balaban J connectivity index is 0.000000165. The number of hydrogen-bond acceptors (Lipinski definition) is 4. The lowest BCUT2D eigenvalue weighted by Gasteiger charge is -2.36. The second kappa shape index (κ2) is 13.0. The molecule has 4 nitrogen and oxygen atoms in total. The van der Waals surface area contributed by atoms with Gasteiger partial charge in [0.1, 0.15) is 5.78 Å². The number of fused-ring (bicyclic) bond motifs is 3. The standard InChI is InChI=1S/C19H18O.C14H23F3O3S/c20-19-11-4-3-8-17(19)16-10-5-9-15-14-7-2-1-6-13(14)12-18(15)16;15-14(16,17)21(18,19)20-13(11-7-3-1-4-8-11)12-9-5-2-6-10-12/h1-2,5-7,9-10,17H,3-4,8,11-12H2;11-13H,1-10H2. The van der Waals surface area contributed by atoms with E-state index in [0.29, 0.717) is 5.78 Å². The highest BCUT2D eigenvalue weighted by atomic mass is 32.2. The summed E-state index contributed by atoms with van der Waals surface area (Å²) in [6.07, 6.45) is 13.3. The van der Waals surface area contributed by atoms with Gasteiger partial charge in [-0.2, -0.15) is 21.6 Å². The maximum absolute atomic E-state index is 12.6. The van der Waals surface area contributed by atoms with Crippen molar-refractivity contribution in [3.8, 4) is 11.1 Å². The Labute approximate surface area is 242 Å². The molecule has 1 unspecified atom stereocenters. The van der Waals surface area contributed by atoms with Crippen LogP contribution in [0.1, 0.15) is 112 Å². The first-order valence-electron chi connectivity index (χ1n) is 15.4. The lowest BCUT2D eigenvalue weighted by Crippen LogP contribution is -2.39. The van der Waals surface area contributed by atoms with Crippen LogP contribution in [-0.4, -0.2) is 25.8 Å². The van der Waals surface area contributed by atoms with E-state index in [1.165, 1.54) is 34.2 Å². The van der Waals surface area contributed by atoms with Gasteiger partial charge in [0, 0.05) is 12.3 Å². The summed E-state index contributed by atoms with van der Waals surface area (Å²) in [5.41, 5.74) is 1.47. The number of ketones is 1. The van der Waals surface area contributed by atoms with Crippen molar-refractivity contribution in [2.24, 2.45) is 11.8 Å². The van der Waals surface area contributed by atoms with E-state index >= 15 is 0 Å². The molecule has 2 aromatic carbocycles. The zero-order valence-electron chi connectivity index (χ0n) is 23.6. The predicted octanol–water partition coefficient (Wildman–Crippen LogP) is 8.87. The maximum Gasteiger partial charge on any atom is 0.523 e. The third-order valence-corrected chi connectivity index (χ3v) is 10.6. The summed E-state index contributed by atoms with van der Waals surface area (Å²) in [7, 11) is -5.50. The summed E-state index contributed by atoms with van der Waals surface area (Å²) in [4.78, 5) is 12.3. The first kappa shape index (κ1) is 30.3. The highest BCUT2D eigenvalue weighted by Crippen LogP contribution is 2.43. The molecule has 4 aliphatic carbocycles. The quantitative estimate of drug-likeness (QED) is 0.220. The third-order valence-electron chi connectivity index (χ3n) is 9.57. The van der Waals surface area contributed by atoms with Gasteiger partial charge < -0.3 is 0 Å². The summed E-state index contributed by atoms with van der Waals surface area (Å²) in [6, 6.07) is 15.1. The first-order valence-corrected chi connectivity index (χ1v) is 16.8. The van der Waals surface area contributed by atoms with Crippen LogP contribution in [0.2, 0.25) is 0 Å². The fourth-order valence-electron chi connectivity index (χ4n) is 7.49. The lowest BCUT2D eigenvalue weighted by atomic mass is 9.75. The van der Waals surface area contributed by atoms with Crippen LogP contribution in [-0.2, 0) is 25.5 Å². The number of rotatable bonds is 5. The smallest absolute Gasteiger partial charge is 0.299 e. The van der Waals surface area contributed by atoms with Gasteiger partial charge in [-0.05, 0) is 84.6 Å². The minimum Gasteiger partial charge on any atom is -0.299 e. The van der Waals surface area contributed by atoms with Crippen molar-refractivity contribution < 1.29 is 30.6 Å². The number of halogens is 3. The minimum absolute atomic E-state index is 0.0565. The van der Waals surface area contributed by atoms with Crippen LogP contribution in [0.3, 0.4) is 0 Å². The largest absolute Gasteiger partial charge is 0.523 e. The second-order valence-corrected chi connectivity index (χ2v) is 13.8. The maximum atomic E-state index is 12.6. The fraction of sp³-hybridized carbons (Fsp3) is 0.606. The Morgan fingerprint density at radius 2 is 1.32 bits per heavy atom. The van der Waals surface area contributed by atoms with E-state index in [1.54, 1.807) is 0 Å². The highest BCUT2D eigenvalue weighted by molar-refractivity contribution is 7.87. The Morgan fingerprint density at radius 3 is 1.93 bits per heavy atom. The molecule has 6 rings (SSSR count). The molecule has 0 N–H and O–H groups in total. The summed E-state index contributed by atoms with van der Waals surface area (Å²) in [5, 5.41) is 0. The normalized spacial score (nSPS) is 22.1. The molecule has 0 heterocycles. The van der Waals surface area contributed by atoms with Crippen LogP contribution < -0.4 is 0 Å². The van der Waals surface area contributed by atoms with Crippen LogP contribution in [0, 0.1) is 11.8 Å². The van der Waals surface area contributed by atoms with Crippen molar-refractivity contribution >= 4 is 15.9 Å². The SMILES string of the molecule is O=C1CCCCC1c1cccc2c1Cc1ccccc1-2.O=S(=O)(OC(C1CCCCC1)C1CCCCC1)C(F)(F)F. The number of Topliss-reactive ketones (excluding diaryl/α,β-unsaturated/α-hetero) is 1. The van der Waals surface area contributed by atoms with Gasteiger partial charge in [-0.25, -0.2) is 0 Å². The number of benzene rings is 2. The summed E-state index contributed by atoms with van der Waals surface area (Å²) in [6.45, 7) is 0. The van der Waals surface area contributed by atoms with Gasteiger partial charge in [0.15, 0.2) is 0 Å². The van der Waals surface area contributed by atoms with Crippen molar-refractivity contribution in [2.45, 2.75) is 114 Å². The van der Waals surface area contributed by atoms with Crippen LogP contribution >= 0.6 is 0 Å². The summed E-state index contributed by atoms with van der Waals surface area (Å²) >= 11 is 0. The Hall–Kier alpha value is -2.19. The van der Waals surface area contributed by atoms with Gasteiger partial charge in [0.25, 0.3) is 0 Å². The number of alkyl halides is 3. The fourth-order valence-corrected chi connectivity index (χ4v) is 8.20. The van der Waals surface area contributed by atoms with Crippen LogP contribution in [0.15, 0.2) is 42.5 Å². The molecule has 0 bridgehead atoms. The lowest BCUT2D eigenvalue weighted by molar-refractivity contribution is -0.121. The third kappa shape index (κ3) is 6.90. The molecular formula is C33H41F3O4S. The van der Waals surface area contributed by atoms with Gasteiger partial charge >= 0.3 is 15.6 Å². The van der Waals surface area contributed by atoms with Crippen molar-refractivity contribution in [2.75, 3.05) is 0 Å². The van der Waals surface area contributed by atoms with E-state index < -0.39 is 21.7 Å². The van der Waals surface area contributed by atoms with Gasteiger partial charge in [-0.15, -0.1) is 0 Å². The Morgan fingerprint density at radius 1 is 0.732 bits per heavy atom. The molecule has 0 radical (unpaired) electrons. The summed E-state index contributed by atoms with van der Waals surface area (Å²) in [5.74, 6) is 0.478. The van der Waals surface area contributed by atoms with Crippen molar-refractivity contribution in [1.82, 2.24) is 0 Å². The first-order chi connectivity index (χ1) is 19.7. The van der Waals surface area contributed by atoms with E-state index in [2.05, 4.69) is 42.5 Å². The zero-order chi connectivity index (χ0) is 29.0. The second-order valence-electron chi connectivity index (χ2n) is 12.2. The number of carbonyl (C=O) groups is 1. The van der Waals surface area contributed by atoms with Gasteiger partial charge in [-0.3, -0.25) is 8.98 Å². The van der Waals surface area contributed by atoms with Crippen LogP contribution in [0.4, 0.5) is 13.2 Å². The molecule has 0 spiro atoms. The molecule has 8 heteroatoms. The van der Waals surface area contributed by atoms with E-state index in [-0.39, 0.29) is 17.8 Å². The summed E-state index contributed by atoms with van der Waals surface area (Å²) < 4.78 is 65.4.